The van der Waals surface area contributed by atoms with E-state index in [1.807, 2.05) is 30.3 Å². The van der Waals surface area contributed by atoms with Crippen LogP contribution in [0.2, 0.25) is 0 Å². The number of hydrogen-bond acceptors (Lipinski definition) is 5. The Morgan fingerprint density at radius 1 is 1.04 bits per heavy atom. The van der Waals surface area contributed by atoms with E-state index in [-0.39, 0.29) is 11.6 Å². The molecule has 2 N–H and O–H groups in total. The molecule has 0 aliphatic heterocycles. The monoisotopic (exact) mass is 355 g/mol. The maximum atomic E-state index is 12.8. The molecule has 1 saturated carbocycles. The molecule has 27 heavy (non-hydrogen) atoms. The van der Waals surface area contributed by atoms with E-state index in [1.165, 1.54) is 0 Å². The summed E-state index contributed by atoms with van der Waals surface area (Å²) in [6, 6.07) is 20.5. The van der Waals surface area contributed by atoms with Crippen molar-refractivity contribution in [2.24, 2.45) is 0 Å². The summed E-state index contributed by atoms with van der Waals surface area (Å²) in [6.45, 7) is 0. The summed E-state index contributed by atoms with van der Waals surface area (Å²) in [5.41, 5.74) is 1.95. The van der Waals surface area contributed by atoms with Crippen LogP contribution >= 0.6 is 0 Å². The molecule has 0 unspecified atom stereocenters. The molecule has 1 aromatic heterocycles. The zero-order valence-corrected chi connectivity index (χ0v) is 14.5. The van der Waals surface area contributed by atoms with Crippen molar-refractivity contribution in [3.05, 3.63) is 71.9 Å². The second-order valence-electron chi connectivity index (χ2n) is 6.36. The van der Waals surface area contributed by atoms with Gasteiger partial charge in [-0.15, -0.1) is 0 Å². The van der Waals surface area contributed by atoms with Gasteiger partial charge in [-0.05, 0) is 25.0 Å². The zero-order chi connectivity index (χ0) is 18.6. The molecular weight excluding hydrogens is 338 g/mol. The van der Waals surface area contributed by atoms with E-state index < -0.39 is 0 Å². The molecule has 132 valence electrons. The number of carbonyl (C=O) groups is 1. The number of carbonyl (C=O) groups excluding carboxylic acids is 1. The van der Waals surface area contributed by atoms with Crippen LogP contribution in [0.1, 0.15) is 28.9 Å². The Labute approximate surface area is 156 Å². The third kappa shape index (κ3) is 3.93. The van der Waals surface area contributed by atoms with Gasteiger partial charge >= 0.3 is 0 Å². The maximum Gasteiger partial charge on any atom is 0.274 e. The summed E-state index contributed by atoms with van der Waals surface area (Å²) in [6.07, 6.45) is 2.20. The van der Waals surface area contributed by atoms with Crippen molar-refractivity contribution in [2.45, 2.75) is 18.9 Å². The Morgan fingerprint density at radius 2 is 1.78 bits per heavy atom. The first-order valence-corrected chi connectivity index (χ1v) is 8.74. The van der Waals surface area contributed by atoms with Crippen LogP contribution in [0.3, 0.4) is 0 Å². The molecule has 0 spiro atoms. The summed E-state index contributed by atoms with van der Waals surface area (Å²) < 4.78 is 0. The second-order valence-corrected chi connectivity index (χ2v) is 6.36. The minimum atomic E-state index is -0.379. The van der Waals surface area contributed by atoms with Crippen LogP contribution in [-0.2, 0) is 0 Å². The molecule has 0 bridgehead atoms. The van der Waals surface area contributed by atoms with Gasteiger partial charge in [0.25, 0.3) is 5.91 Å². The predicted octanol–water partition coefficient (Wildman–Crippen LogP) is 3.84. The van der Waals surface area contributed by atoms with E-state index in [2.05, 4.69) is 26.7 Å². The largest absolute Gasteiger partial charge is 0.367 e. The van der Waals surface area contributed by atoms with E-state index in [0.29, 0.717) is 28.9 Å². The Bertz CT molecular complexity index is 1020. The molecule has 6 nitrogen and oxygen atoms in total. The highest BCUT2D eigenvalue weighted by atomic mass is 16.1. The number of nitrogens with one attached hydrogen (secondary N) is 2. The van der Waals surface area contributed by atoms with Gasteiger partial charge in [0.1, 0.15) is 17.6 Å². The van der Waals surface area contributed by atoms with Gasteiger partial charge in [-0.3, -0.25) is 4.79 Å². The van der Waals surface area contributed by atoms with Crippen LogP contribution in [-0.4, -0.2) is 21.9 Å². The average molecular weight is 355 g/mol. The fourth-order valence-electron chi connectivity index (χ4n) is 2.67. The maximum absolute atomic E-state index is 12.8. The summed E-state index contributed by atoms with van der Waals surface area (Å²) in [4.78, 5) is 21.8. The highest BCUT2D eigenvalue weighted by Gasteiger charge is 2.23. The summed E-state index contributed by atoms with van der Waals surface area (Å²) >= 11 is 0. The fourth-order valence-corrected chi connectivity index (χ4v) is 2.67. The molecule has 6 heteroatoms. The van der Waals surface area contributed by atoms with E-state index in [0.717, 1.165) is 18.4 Å². The van der Waals surface area contributed by atoms with Crippen molar-refractivity contribution in [3.8, 4) is 17.5 Å². The number of aromatic nitrogens is 2. The third-order valence-corrected chi connectivity index (χ3v) is 4.22. The Morgan fingerprint density at radius 3 is 2.52 bits per heavy atom. The van der Waals surface area contributed by atoms with Crippen molar-refractivity contribution in [1.29, 1.82) is 5.26 Å². The first-order chi connectivity index (χ1) is 13.2. The molecule has 0 saturated heterocycles. The normalized spacial score (nSPS) is 12.9. The molecule has 2 aromatic carbocycles. The topological polar surface area (TPSA) is 90.7 Å². The van der Waals surface area contributed by atoms with Crippen molar-refractivity contribution >= 4 is 17.4 Å². The zero-order valence-electron chi connectivity index (χ0n) is 14.5. The molecule has 1 aliphatic carbocycles. The molecule has 1 heterocycles. The summed E-state index contributed by atoms with van der Waals surface area (Å²) in [5, 5.41) is 15.3. The summed E-state index contributed by atoms with van der Waals surface area (Å²) in [7, 11) is 0. The fraction of sp³-hybridized carbons (Fsp3) is 0.143. The van der Waals surface area contributed by atoms with Gasteiger partial charge in [0.2, 0.25) is 0 Å². The number of nitriles is 1. The minimum Gasteiger partial charge on any atom is -0.367 e. The molecule has 0 radical (unpaired) electrons. The highest BCUT2D eigenvalue weighted by molar-refractivity contribution is 6.04. The second kappa shape index (κ2) is 7.26. The lowest BCUT2D eigenvalue weighted by molar-refractivity contribution is 0.102. The van der Waals surface area contributed by atoms with Crippen molar-refractivity contribution in [2.75, 3.05) is 10.6 Å². The Kier molecular flexibility index (Phi) is 4.50. The molecule has 3 aromatic rings. The Hall–Kier alpha value is -3.72. The Balaban J connectivity index is 1.68. The van der Waals surface area contributed by atoms with E-state index >= 15 is 0 Å². The number of hydrogen-bond donors (Lipinski definition) is 2. The van der Waals surface area contributed by atoms with Crippen molar-refractivity contribution < 1.29 is 4.79 Å². The molecule has 1 aliphatic rings. The van der Waals surface area contributed by atoms with Crippen LogP contribution in [0.5, 0.6) is 0 Å². The molecule has 0 atom stereocenters. The molecule has 4 rings (SSSR count). The standard InChI is InChI=1S/C21H17N5O/c22-13-15-8-4-5-9-17(15)25-21(27)18-12-19(23-16-10-11-16)26-20(24-18)14-6-2-1-3-7-14/h1-9,12,16H,10-11H2,(H,25,27)(H,23,24,26). The van der Waals surface area contributed by atoms with Gasteiger partial charge in [-0.25, -0.2) is 9.97 Å². The number of amides is 1. The smallest absolute Gasteiger partial charge is 0.274 e. The SMILES string of the molecule is N#Cc1ccccc1NC(=O)c1cc(NC2CC2)nc(-c2ccccc2)n1. The van der Waals surface area contributed by atoms with Gasteiger partial charge in [-0.1, -0.05) is 42.5 Å². The van der Waals surface area contributed by atoms with Crippen molar-refractivity contribution in [3.63, 3.8) is 0 Å². The first-order valence-electron chi connectivity index (χ1n) is 8.74. The number of rotatable bonds is 5. The summed E-state index contributed by atoms with van der Waals surface area (Å²) in [5.74, 6) is 0.737. The quantitative estimate of drug-likeness (QED) is 0.725. The number of nitrogens with zero attached hydrogens (tertiary/aromatic N) is 3. The van der Waals surface area contributed by atoms with Crippen LogP contribution in [0.25, 0.3) is 11.4 Å². The third-order valence-electron chi connectivity index (χ3n) is 4.22. The number of para-hydroxylation sites is 1. The lowest BCUT2D eigenvalue weighted by Gasteiger charge is -2.11. The van der Waals surface area contributed by atoms with Gasteiger partial charge in [-0.2, -0.15) is 5.26 Å². The molecule has 1 amide bonds. The lowest BCUT2D eigenvalue weighted by Crippen LogP contribution is -2.16. The van der Waals surface area contributed by atoms with Gasteiger partial charge in [0.05, 0.1) is 11.3 Å². The number of anilines is 2. The van der Waals surface area contributed by atoms with Gasteiger partial charge < -0.3 is 10.6 Å². The van der Waals surface area contributed by atoms with Crippen LogP contribution in [0, 0.1) is 11.3 Å². The van der Waals surface area contributed by atoms with E-state index in [1.54, 1.807) is 30.3 Å². The van der Waals surface area contributed by atoms with E-state index in [9.17, 15) is 10.1 Å². The molecular formula is C21H17N5O. The van der Waals surface area contributed by atoms with E-state index in [4.69, 9.17) is 0 Å². The van der Waals surface area contributed by atoms with Crippen LogP contribution < -0.4 is 10.6 Å². The van der Waals surface area contributed by atoms with Gasteiger partial charge in [0, 0.05) is 17.7 Å². The minimum absolute atomic E-state index is 0.250. The first kappa shape index (κ1) is 16.7. The highest BCUT2D eigenvalue weighted by Crippen LogP contribution is 2.26. The van der Waals surface area contributed by atoms with Crippen molar-refractivity contribution in [1.82, 2.24) is 9.97 Å². The average Bonchev–Trinajstić information content (AvgIpc) is 3.53. The molecule has 1 fully saturated rings. The van der Waals surface area contributed by atoms with Crippen LogP contribution in [0.4, 0.5) is 11.5 Å². The van der Waals surface area contributed by atoms with Crippen LogP contribution in [0.15, 0.2) is 60.7 Å². The lowest BCUT2D eigenvalue weighted by atomic mass is 10.2. The predicted molar refractivity (Wildman–Crippen MR) is 103 cm³/mol. The number of benzene rings is 2. The van der Waals surface area contributed by atoms with Gasteiger partial charge in [0.15, 0.2) is 5.82 Å².